The van der Waals surface area contributed by atoms with Crippen molar-refractivity contribution in [2.24, 2.45) is 4.99 Å². The zero-order valence-corrected chi connectivity index (χ0v) is 17.3. The lowest BCUT2D eigenvalue weighted by atomic mass is 10.1. The number of rotatable bonds is 12. The van der Waals surface area contributed by atoms with Crippen LogP contribution in [-0.2, 0) is 0 Å². The molecule has 2 aromatic rings. The highest BCUT2D eigenvalue weighted by Gasteiger charge is 2.09. The number of ether oxygens (including phenoxy) is 1. The highest BCUT2D eigenvalue weighted by Crippen LogP contribution is 2.30. The van der Waals surface area contributed by atoms with E-state index in [4.69, 9.17) is 4.74 Å². The van der Waals surface area contributed by atoms with Crippen LogP contribution in [0.4, 0.5) is 5.69 Å². The predicted octanol–water partition coefficient (Wildman–Crippen LogP) is 5.20. The lowest BCUT2D eigenvalue weighted by Crippen LogP contribution is -2.07. The van der Waals surface area contributed by atoms with Crippen molar-refractivity contribution in [1.82, 2.24) is 14.9 Å². The molecule has 1 aromatic heterocycles. The van der Waals surface area contributed by atoms with Gasteiger partial charge in [-0.3, -0.25) is 0 Å². The minimum absolute atomic E-state index is 0.113. The first-order chi connectivity index (χ1) is 13.6. The van der Waals surface area contributed by atoms with Crippen LogP contribution in [0.25, 0.3) is 11.4 Å². The van der Waals surface area contributed by atoms with Gasteiger partial charge in [0.15, 0.2) is 5.82 Å². The van der Waals surface area contributed by atoms with Gasteiger partial charge in [0.25, 0.3) is 0 Å². The average Bonchev–Trinajstić information content (AvgIpc) is 2.69. The second-order valence-corrected chi connectivity index (χ2v) is 7.12. The van der Waals surface area contributed by atoms with E-state index in [-0.39, 0.29) is 5.75 Å². The van der Waals surface area contributed by atoms with Crippen LogP contribution in [0.1, 0.15) is 51.9 Å². The number of hydrogen-bond acceptors (Lipinski definition) is 5. The van der Waals surface area contributed by atoms with E-state index in [2.05, 4.69) is 21.9 Å². The summed E-state index contributed by atoms with van der Waals surface area (Å²) in [6.07, 6.45) is 13.7. The zero-order chi connectivity index (χ0) is 20.2. The van der Waals surface area contributed by atoms with Crippen molar-refractivity contribution in [3.63, 3.8) is 0 Å². The Hall–Kier alpha value is -2.63. The van der Waals surface area contributed by atoms with Gasteiger partial charge >= 0.3 is 0 Å². The molecule has 0 saturated carbocycles. The van der Waals surface area contributed by atoms with Gasteiger partial charge in [-0.25, -0.2) is 15.0 Å². The maximum atomic E-state index is 10.3. The molecule has 6 heteroatoms. The van der Waals surface area contributed by atoms with Gasteiger partial charge in [-0.2, -0.15) is 0 Å². The maximum absolute atomic E-state index is 10.3. The summed E-state index contributed by atoms with van der Waals surface area (Å²) in [5.74, 6) is 1.24. The number of unbranched alkanes of at least 4 members (excludes halogenated alkanes) is 6. The molecule has 0 bridgehead atoms. The second-order valence-electron chi connectivity index (χ2n) is 7.12. The number of aliphatic imine (C=N–C) groups is 1. The molecule has 1 N–H and O–H groups in total. The Morgan fingerprint density at radius 3 is 2.36 bits per heavy atom. The van der Waals surface area contributed by atoms with E-state index in [1.807, 2.05) is 25.1 Å². The van der Waals surface area contributed by atoms with Gasteiger partial charge in [0.05, 0.1) is 30.9 Å². The first kappa shape index (κ1) is 21.7. The zero-order valence-electron chi connectivity index (χ0n) is 17.3. The first-order valence-corrected chi connectivity index (χ1v) is 10.1. The Bertz CT molecular complexity index is 730. The Labute approximate surface area is 168 Å². The third-order valence-electron chi connectivity index (χ3n) is 4.30. The highest BCUT2D eigenvalue weighted by molar-refractivity contribution is 5.66. The third kappa shape index (κ3) is 7.55. The molecule has 0 aliphatic heterocycles. The molecule has 6 nitrogen and oxygen atoms in total. The van der Waals surface area contributed by atoms with Gasteiger partial charge in [0, 0.05) is 20.2 Å². The van der Waals surface area contributed by atoms with Crippen LogP contribution >= 0.6 is 0 Å². The lowest BCUT2D eigenvalue weighted by molar-refractivity contribution is 0.303. The van der Waals surface area contributed by atoms with E-state index < -0.39 is 0 Å². The molecule has 0 aliphatic carbocycles. The van der Waals surface area contributed by atoms with Crippen molar-refractivity contribution in [1.29, 1.82) is 0 Å². The third-order valence-corrected chi connectivity index (χ3v) is 4.30. The number of phenols is 1. The highest BCUT2D eigenvalue weighted by atomic mass is 16.5. The van der Waals surface area contributed by atoms with Crippen molar-refractivity contribution >= 4 is 12.0 Å². The molecule has 1 aromatic carbocycles. The molecule has 2 rings (SSSR count). The molecule has 0 atom stereocenters. The number of nitrogens with zero attached hydrogens (tertiary/aromatic N) is 4. The molecular weight excluding hydrogens is 352 g/mol. The summed E-state index contributed by atoms with van der Waals surface area (Å²) in [6, 6.07) is 5.25. The number of aromatic nitrogens is 2. The molecule has 152 valence electrons. The summed E-state index contributed by atoms with van der Waals surface area (Å²) >= 11 is 0. The SMILES string of the molecule is CCCCCCCCCOc1ccc(-c2ncc(N=CN(C)C)cn2)c(O)c1. The summed E-state index contributed by atoms with van der Waals surface area (Å²) in [7, 11) is 3.79. The fourth-order valence-electron chi connectivity index (χ4n) is 2.75. The van der Waals surface area contributed by atoms with E-state index in [0.717, 1.165) is 6.42 Å². The lowest BCUT2D eigenvalue weighted by Gasteiger charge is -2.09. The van der Waals surface area contributed by atoms with Crippen molar-refractivity contribution in [3.05, 3.63) is 30.6 Å². The van der Waals surface area contributed by atoms with Gasteiger partial charge in [-0.05, 0) is 18.6 Å². The van der Waals surface area contributed by atoms with Crippen LogP contribution < -0.4 is 4.74 Å². The number of phenolic OH excluding ortho intramolecular Hbond substituents is 1. The molecule has 28 heavy (non-hydrogen) atoms. The van der Waals surface area contributed by atoms with Crippen LogP contribution in [0.5, 0.6) is 11.5 Å². The van der Waals surface area contributed by atoms with Gasteiger partial charge in [-0.15, -0.1) is 0 Å². The average molecular weight is 385 g/mol. The Morgan fingerprint density at radius 2 is 1.71 bits per heavy atom. The van der Waals surface area contributed by atoms with Crippen LogP contribution in [0.2, 0.25) is 0 Å². The minimum Gasteiger partial charge on any atom is -0.507 e. The normalized spacial score (nSPS) is 11.1. The number of aromatic hydroxyl groups is 1. The van der Waals surface area contributed by atoms with Gasteiger partial charge in [0.2, 0.25) is 0 Å². The van der Waals surface area contributed by atoms with Crippen molar-refractivity contribution in [2.75, 3.05) is 20.7 Å². The second kappa shape index (κ2) is 12.0. The van der Waals surface area contributed by atoms with Crippen LogP contribution in [0, 0.1) is 0 Å². The summed E-state index contributed by atoms with van der Waals surface area (Å²) in [6.45, 7) is 2.90. The molecule has 0 fully saturated rings. The summed E-state index contributed by atoms with van der Waals surface area (Å²) in [5.41, 5.74) is 1.23. The minimum atomic E-state index is 0.113. The summed E-state index contributed by atoms with van der Waals surface area (Å²) in [5, 5.41) is 10.3. The Morgan fingerprint density at radius 1 is 1.04 bits per heavy atom. The number of hydrogen-bond donors (Lipinski definition) is 1. The maximum Gasteiger partial charge on any atom is 0.163 e. The van der Waals surface area contributed by atoms with Gasteiger partial charge in [0.1, 0.15) is 17.2 Å². The van der Waals surface area contributed by atoms with Crippen LogP contribution in [0.15, 0.2) is 35.6 Å². The quantitative estimate of drug-likeness (QED) is 0.309. The number of benzene rings is 1. The van der Waals surface area contributed by atoms with E-state index in [1.165, 1.54) is 38.5 Å². The Balaban J connectivity index is 1.83. The van der Waals surface area contributed by atoms with Crippen LogP contribution in [0.3, 0.4) is 0 Å². The molecule has 1 heterocycles. The molecule has 0 saturated heterocycles. The monoisotopic (exact) mass is 384 g/mol. The topological polar surface area (TPSA) is 70.8 Å². The van der Waals surface area contributed by atoms with Crippen molar-refractivity contribution in [3.8, 4) is 22.9 Å². The molecular formula is C22H32N4O2. The van der Waals surface area contributed by atoms with E-state index in [9.17, 15) is 5.11 Å². The first-order valence-electron chi connectivity index (χ1n) is 10.1. The fourth-order valence-corrected chi connectivity index (χ4v) is 2.75. The van der Waals surface area contributed by atoms with Gasteiger partial charge < -0.3 is 14.7 Å². The van der Waals surface area contributed by atoms with Gasteiger partial charge in [-0.1, -0.05) is 45.4 Å². The van der Waals surface area contributed by atoms with Crippen molar-refractivity contribution < 1.29 is 9.84 Å². The van der Waals surface area contributed by atoms with E-state index in [0.29, 0.717) is 29.4 Å². The van der Waals surface area contributed by atoms with Crippen molar-refractivity contribution in [2.45, 2.75) is 51.9 Å². The van der Waals surface area contributed by atoms with Crippen LogP contribution in [-0.4, -0.2) is 47.0 Å². The Kier molecular flexibility index (Phi) is 9.25. The summed E-state index contributed by atoms with van der Waals surface area (Å²) < 4.78 is 5.75. The molecule has 0 spiro atoms. The predicted molar refractivity (Wildman–Crippen MR) is 114 cm³/mol. The molecule has 0 amide bonds. The fraction of sp³-hybridized carbons (Fsp3) is 0.500. The molecule has 0 unspecified atom stereocenters. The van der Waals surface area contributed by atoms with E-state index >= 15 is 0 Å². The summed E-state index contributed by atoms with van der Waals surface area (Å²) in [4.78, 5) is 14.7. The largest absolute Gasteiger partial charge is 0.507 e. The smallest absolute Gasteiger partial charge is 0.163 e. The molecule has 0 aliphatic rings. The molecule has 0 radical (unpaired) electrons. The van der Waals surface area contributed by atoms with E-state index in [1.54, 1.807) is 30.9 Å². The standard InChI is InChI=1S/C22H32N4O2/c1-4-5-6-7-8-9-10-13-28-19-11-12-20(21(27)14-19)22-23-15-18(16-24-22)25-17-26(2)3/h11-12,14-17,27H,4-10,13H2,1-3H3.